The van der Waals surface area contributed by atoms with Gasteiger partial charge < -0.3 is 15.2 Å². The molecule has 0 aliphatic heterocycles. The molecule has 98 valence electrons. The summed E-state index contributed by atoms with van der Waals surface area (Å²) in [4.78, 5) is 20.8. The lowest BCUT2D eigenvalue weighted by Gasteiger charge is -2.02. The van der Waals surface area contributed by atoms with E-state index in [1.54, 1.807) is 0 Å². The molecule has 0 radical (unpaired) electrons. The Kier molecular flexibility index (Phi) is 3.28. The predicted molar refractivity (Wildman–Crippen MR) is 66.1 cm³/mol. The molecule has 0 aliphatic rings. The van der Waals surface area contributed by atoms with Crippen molar-refractivity contribution in [3.05, 3.63) is 57.3 Å². The van der Waals surface area contributed by atoms with Crippen molar-refractivity contribution >= 4 is 11.8 Å². The largest absolute Gasteiger partial charge is 0.477 e. The molecule has 0 unspecified atom stereocenters. The van der Waals surface area contributed by atoms with Gasteiger partial charge in [0.15, 0.2) is 5.56 Å². The van der Waals surface area contributed by atoms with Gasteiger partial charge in [0, 0.05) is 0 Å². The fourth-order valence-corrected chi connectivity index (χ4v) is 1.74. The van der Waals surface area contributed by atoms with Gasteiger partial charge in [-0.1, -0.05) is 24.3 Å². The first-order valence-electron chi connectivity index (χ1n) is 5.48. The first kappa shape index (κ1) is 12.7. The van der Waals surface area contributed by atoms with Crippen LogP contribution in [0.1, 0.15) is 21.5 Å². The second-order valence-electron chi connectivity index (χ2n) is 4.05. The molecular weight excluding hydrogens is 250 g/mol. The minimum Gasteiger partial charge on any atom is -0.477 e. The molecule has 1 heterocycles. The standard InChI is InChI=1S/C12H11N3O4/c1-8-4-2-3-5-9(8)6-14-7-10(12(16)17)11(13-14)15(18)19/h2-5,7H,6H2,1H3,(H,16,17). The number of carboxylic acid groups (broad SMARTS) is 1. The van der Waals surface area contributed by atoms with Crippen molar-refractivity contribution in [3.8, 4) is 0 Å². The van der Waals surface area contributed by atoms with Gasteiger partial charge in [-0.15, -0.1) is 0 Å². The highest BCUT2D eigenvalue weighted by molar-refractivity contribution is 5.91. The highest BCUT2D eigenvalue weighted by Crippen LogP contribution is 2.17. The Bertz CT molecular complexity index is 617. The number of aromatic carboxylic acids is 1. The molecule has 2 aromatic rings. The Hall–Kier alpha value is -2.70. The van der Waals surface area contributed by atoms with Crippen molar-refractivity contribution in [2.45, 2.75) is 13.5 Å². The summed E-state index contributed by atoms with van der Waals surface area (Å²) in [6.45, 7) is 2.20. The molecule has 0 atom stereocenters. The summed E-state index contributed by atoms with van der Waals surface area (Å²) in [5.74, 6) is -2.00. The molecule has 1 N–H and O–H groups in total. The van der Waals surface area contributed by atoms with Crippen LogP contribution in [0.4, 0.5) is 5.82 Å². The van der Waals surface area contributed by atoms with Gasteiger partial charge in [0.25, 0.3) is 0 Å². The van der Waals surface area contributed by atoms with E-state index in [4.69, 9.17) is 5.11 Å². The lowest BCUT2D eigenvalue weighted by molar-refractivity contribution is -0.390. The van der Waals surface area contributed by atoms with Crippen LogP contribution in [-0.2, 0) is 6.54 Å². The van der Waals surface area contributed by atoms with Crippen LogP contribution in [-0.4, -0.2) is 25.8 Å². The quantitative estimate of drug-likeness (QED) is 0.668. The molecular formula is C12H11N3O4. The van der Waals surface area contributed by atoms with Crippen LogP contribution in [0.3, 0.4) is 0 Å². The average molecular weight is 261 g/mol. The summed E-state index contributed by atoms with van der Waals surface area (Å²) in [5.41, 5.74) is 1.54. The van der Waals surface area contributed by atoms with Crippen molar-refractivity contribution < 1.29 is 14.8 Å². The number of nitrogens with zero attached hydrogens (tertiary/aromatic N) is 3. The van der Waals surface area contributed by atoms with Crippen molar-refractivity contribution in [2.24, 2.45) is 0 Å². The van der Waals surface area contributed by atoms with Crippen LogP contribution < -0.4 is 0 Å². The number of nitro groups is 1. The zero-order valence-corrected chi connectivity index (χ0v) is 10.1. The average Bonchev–Trinajstić information content (AvgIpc) is 2.76. The molecule has 7 heteroatoms. The minimum atomic E-state index is -1.36. The van der Waals surface area contributed by atoms with Crippen LogP contribution in [0.25, 0.3) is 0 Å². The number of carboxylic acids is 1. The zero-order chi connectivity index (χ0) is 14.0. The highest BCUT2D eigenvalue weighted by Gasteiger charge is 2.26. The summed E-state index contributed by atoms with van der Waals surface area (Å²) in [5, 5.41) is 23.3. The molecule has 0 bridgehead atoms. The number of hydrogen-bond donors (Lipinski definition) is 1. The van der Waals surface area contributed by atoms with E-state index >= 15 is 0 Å². The van der Waals surface area contributed by atoms with E-state index in [9.17, 15) is 14.9 Å². The van der Waals surface area contributed by atoms with Gasteiger partial charge in [-0.25, -0.2) is 4.79 Å². The molecule has 2 rings (SSSR count). The summed E-state index contributed by atoms with van der Waals surface area (Å²) < 4.78 is 1.27. The van der Waals surface area contributed by atoms with E-state index in [-0.39, 0.29) is 0 Å². The Morgan fingerprint density at radius 1 is 1.47 bits per heavy atom. The molecule has 0 saturated carbocycles. The van der Waals surface area contributed by atoms with Gasteiger partial charge >= 0.3 is 11.8 Å². The Morgan fingerprint density at radius 3 is 2.68 bits per heavy atom. The molecule has 0 saturated heterocycles. The topological polar surface area (TPSA) is 98.3 Å². The van der Waals surface area contributed by atoms with E-state index in [0.29, 0.717) is 6.54 Å². The zero-order valence-electron chi connectivity index (χ0n) is 10.1. The minimum absolute atomic E-state index is 0.292. The molecule has 19 heavy (non-hydrogen) atoms. The number of carbonyl (C=O) groups is 1. The lowest BCUT2D eigenvalue weighted by atomic mass is 10.1. The van der Waals surface area contributed by atoms with Crippen LogP contribution in [0.15, 0.2) is 30.5 Å². The number of hydrogen-bond acceptors (Lipinski definition) is 4. The summed E-state index contributed by atoms with van der Waals surface area (Å²) in [6.07, 6.45) is 1.17. The first-order chi connectivity index (χ1) is 8.99. The number of rotatable bonds is 4. The van der Waals surface area contributed by atoms with Gasteiger partial charge in [0.05, 0.1) is 17.8 Å². The smallest absolute Gasteiger partial charge is 0.404 e. The summed E-state index contributed by atoms with van der Waals surface area (Å²) >= 11 is 0. The van der Waals surface area contributed by atoms with Crippen molar-refractivity contribution in [1.82, 2.24) is 9.78 Å². The molecule has 0 aliphatic carbocycles. The fraction of sp³-hybridized carbons (Fsp3) is 0.167. The third-order valence-electron chi connectivity index (χ3n) is 2.74. The second kappa shape index (κ2) is 4.89. The van der Waals surface area contributed by atoms with Crippen molar-refractivity contribution in [2.75, 3.05) is 0 Å². The maximum absolute atomic E-state index is 10.9. The highest BCUT2D eigenvalue weighted by atomic mass is 16.6. The molecule has 0 amide bonds. The number of benzene rings is 1. The molecule has 0 fully saturated rings. The fourth-order valence-electron chi connectivity index (χ4n) is 1.74. The predicted octanol–water partition coefficient (Wildman–Crippen LogP) is 1.85. The van der Waals surface area contributed by atoms with E-state index in [0.717, 1.165) is 11.1 Å². The number of aromatic nitrogens is 2. The molecule has 7 nitrogen and oxygen atoms in total. The normalized spacial score (nSPS) is 10.4. The molecule has 1 aromatic heterocycles. The molecule has 1 aromatic carbocycles. The summed E-state index contributed by atoms with van der Waals surface area (Å²) in [6, 6.07) is 7.50. The Morgan fingerprint density at radius 2 is 2.16 bits per heavy atom. The van der Waals surface area contributed by atoms with Gasteiger partial charge in [0.1, 0.15) is 0 Å². The number of aryl methyl sites for hydroxylation is 1. The molecule has 0 spiro atoms. The van der Waals surface area contributed by atoms with Crippen LogP contribution in [0.5, 0.6) is 0 Å². The van der Waals surface area contributed by atoms with E-state index in [1.807, 2.05) is 31.2 Å². The maximum Gasteiger partial charge on any atom is 0.404 e. The monoisotopic (exact) mass is 261 g/mol. The second-order valence-corrected chi connectivity index (χ2v) is 4.05. The van der Waals surface area contributed by atoms with Crippen molar-refractivity contribution in [3.63, 3.8) is 0 Å². The van der Waals surface area contributed by atoms with Gasteiger partial charge in [-0.3, -0.25) is 0 Å². The van der Waals surface area contributed by atoms with Crippen molar-refractivity contribution in [1.29, 1.82) is 0 Å². The Labute approximate surface area is 108 Å². The van der Waals surface area contributed by atoms with Gasteiger partial charge in [-0.05, 0) is 23.0 Å². The third kappa shape index (κ3) is 2.59. The van der Waals surface area contributed by atoms with Crippen LogP contribution >= 0.6 is 0 Å². The van der Waals surface area contributed by atoms with E-state index in [1.165, 1.54) is 10.9 Å². The maximum atomic E-state index is 10.9. The third-order valence-corrected chi connectivity index (χ3v) is 2.74. The van der Waals surface area contributed by atoms with E-state index < -0.39 is 22.3 Å². The van der Waals surface area contributed by atoms with Gasteiger partial charge in [0.2, 0.25) is 0 Å². The summed E-state index contributed by atoms with van der Waals surface area (Å²) in [7, 11) is 0. The van der Waals surface area contributed by atoms with Gasteiger partial charge in [-0.2, -0.15) is 4.68 Å². The van der Waals surface area contributed by atoms with E-state index in [2.05, 4.69) is 5.10 Å². The van der Waals surface area contributed by atoms with Crippen LogP contribution in [0.2, 0.25) is 0 Å². The van der Waals surface area contributed by atoms with Crippen LogP contribution in [0, 0.1) is 17.0 Å². The SMILES string of the molecule is Cc1ccccc1Cn1cc(C(=O)O)c([N+](=O)[O-])n1. The first-order valence-corrected chi connectivity index (χ1v) is 5.48. The lowest BCUT2D eigenvalue weighted by Crippen LogP contribution is -2.02. The Balaban J connectivity index is 2.37.